The molecule has 1 spiro atoms. The normalized spacial score (nSPS) is 13.6. The van der Waals surface area contributed by atoms with Crippen LogP contribution in [-0.2, 0) is 5.41 Å². The summed E-state index contributed by atoms with van der Waals surface area (Å²) in [6, 6.07) is 107. The van der Waals surface area contributed by atoms with E-state index in [-0.39, 0.29) is 6.71 Å². The Bertz CT molecular complexity index is 4250. The average molecular weight is 963 g/mol. The van der Waals surface area contributed by atoms with E-state index in [0.717, 1.165) is 16.9 Å². The quantitative estimate of drug-likeness (QED) is 0.153. The Hall–Kier alpha value is -9.70. The first kappa shape index (κ1) is 42.8. The van der Waals surface area contributed by atoms with Gasteiger partial charge in [0.1, 0.15) is 0 Å². The lowest BCUT2D eigenvalue weighted by molar-refractivity contribution is 0.794. The van der Waals surface area contributed by atoms with Crippen LogP contribution in [0.5, 0.6) is 0 Å². The van der Waals surface area contributed by atoms with E-state index in [9.17, 15) is 0 Å². The van der Waals surface area contributed by atoms with Crippen LogP contribution in [0.1, 0.15) is 22.3 Å². The largest absolute Gasteiger partial charge is 0.311 e. The molecule has 0 unspecified atom stereocenters. The highest BCUT2D eigenvalue weighted by Gasteiger charge is 2.52. The molecule has 2 heterocycles. The molecule has 2 aliphatic heterocycles. The zero-order valence-corrected chi connectivity index (χ0v) is 41.6. The molecule has 12 aromatic carbocycles. The SMILES string of the molecule is c1ccc(-c2cccc(N3c4cc(-c5ccccc5)ccc4B4c5ccc(-c6ccccc6)cc5N(c5ccc6c(c5)-c5ccccc5C65c6ccccc6-c6ccccc65)c5cc(-c6ccccc6)cc3c54)c2)cc1. The molecular weight excluding hydrogens is 916 g/mol. The number of fused-ring (bicyclic) bond motifs is 14. The Morgan fingerprint density at radius 1 is 0.237 bits per heavy atom. The van der Waals surface area contributed by atoms with Gasteiger partial charge in [0, 0.05) is 34.1 Å². The second-order valence-corrected chi connectivity index (χ2v) is 20.7. The van der Waals surface area contributed by atoms with Gasteiger partial charge in [-0.1, -0.05) is 237 Å². The predicted octanol–water partition coefficient (Wildman–Crippen LogP) is 16.8. The van der Waals surface area contributed by atoms with E-state index in [1.807, 2.05) is 0 Å². The molecule has 2 nitrogen and oxygen atoms in total. The molecule has 352 valence electrons. The summed E-state index contributed by atoms with van der Waals surface area (Å²) in [5.74, 6) is 0. The van der Waals surface area contributed by atoms with Crippen LogP contribution < -0.4 is 26.2 Å². The Labute approximate surface area is 444 Å². The van der Waals surface area contributed by atoms with Gasteiger partial charge in [0.05, 0.1) is 5.41 Å². The predicted molar refractivity (Wildman–Crippen MR) is 319 cm³/mol. The number of rotatable bonds is 6. The molecule has 16 rings (SSSR count). The molecule has 0 bridgehead atoms. The average Bonchev–Trinajstić information content (AvgIpc) is 4.13. The third kappa shape index (κ3) is 6.17. The van der Waals surface area contributed by atoms with Crippen molar-refractivity contribution in [3.05, 3.63) is 307 Å². The monoisotopic (exact) mass is 962 g/mol. The number of hydrogen-bond acceptors (Lipinski definition) is 2. The van der Waals surface area contributed by atoms with Gasteiger partial charge in [-0.2, -0.15) is 0 Å². The summed E-state index contributed by atoms with van der Waals surface area (Å²) in [7, 11) is 0. The Kier molecular flexibility index (Phi) is 9.38. The molecular formula is C73H47BN2. The fourth-order valence-corrected chi connectivity index (χ4v) is 13.6. The molecule has 0 radical (unpaired) electrons. The summed E-state index contributed by atoms with van der Waals surface area (Å²) in [5.41, 5.74) is 30.4. The van der Waals surface area contributed by atoms with E-state index >= 15 is 0 Å². The standard InChI is InChI=1S/C73H47BN2/c1-5-20-48(21-6-1)52-28-19-29-56(42-52)75-68-43-53(49-22-7-2-8-23-49)36-40-66(68)74-67-41-37-54(50-24-9-3-10-25-50)44-69(67)76(71-46-55(45-70(75)72(71)74)51-26-11-4-12-27-51)57-38-39-65-61(47-57)60-32-15-18-35-64(60)73(65)62-33-16-13-30-58(62)59-31-14-17-34-63(59)73/h1-47H. The topological polar surface area (TPSA) is 6.48 Å². The second kappa shape index (κ2) is 16.7. The van der Waals surface area contributed by atoms with Crippen molar-refractivity contribution in [2.24, 2.45) is 0 Å². The van der Waals surface area contributed by atoms with Crippen LogP contribution in [0, 0.1) is 0 Å². The van der Waals surface area contributed by atoms with Crippen molar-refractivity contribution in [3.8, 4) is 66.8 Å². The summed E-state index contributed by atoms with van der Waals surface area (Å²) >= 11 is 0. The van der Waals surface area contributed by atoms with Crippen LogP contribution in [0.25, 0.3) is 66.8 Å². The lowest BCUT2D eigenvalue weighted by Gasteiger charge is -2.45. The molecule has 0 fully saturated rings. The van der Waals surface area contributed by atoms with Crippen LogP contribution in [0.15, 0.2) is 285 Å². The van der Waals surface area contributed by atoms with Crippen LogP contribution in [0.3, 0.4) is 0 Å². The molecule has 0 aromatic heterocycles. The Morgan fingerprint density at radius 2 is 0.605 bits per heavy atom. The molecule has 0 N–H and O–H groups in total. The highest BCUT2D eigenvalue weighted by atomic mass is 15.2. The van der Waals surface area contributed by atoms with Crippen LogP contribution in [0.4, 0.5) is 34.1 Å². The third-order valence-electron chi connectivity index (χ3n) is 16.8. The number of anilines is 6. The Balaban J connectivity index is 0.995. The molecule has 0 saturated heterocycles. The summed E-state index contributed by atoms with van der Waals surface area (Å²) in [4.78, 5) is 5.17. The highest BCUT2D eigenvalue weighted by Crippen LogP contribution is 2.63. The van der Waals surface area contributed by atoms with E-state index in [1.165, 1.54) is 123 Å². The van der Waals surface area contributed by atoms with Gasteiger partial charge >= 0.3 is 0 Å². The van der Waals surface area contributed by atoms with Gasteiger partial charge in [0.2, 0.25) is 0 Å². The van der Waals surface area contributed by atoms with Crippen molar-refractivity contribution in [1.29, 1.82) is 0 Å². The van der Waals surface area contributed by atoms with Crippen molar-refractivity contribution in [1.82, 2.24) is 0 Å². The summed E-state index contributed by atoms with van der Waals surface area (Å²) in [6.45, 7) is -0.0656. The minimum atomic E-state index is -0.438. The molecule has 0 amide bonds. The van der Waals surface area contributed by atoms with Gasteiger partial charge in [-0.15, -0.1) is 0 Å². The first-order chi connectivity index (χ1) is 37.7. The smallest absolute Gasteiger partial charge is 0.252 e. The van der Waals surface area contributed by atoms with E-state index in [2.05, 4.69) is 295 Å². The van der Waals surface area contributed by atoms with E-state index in [4.69, 9.17) is 0 Å². The summed E-state index contributed by atoms with van der Waals surface area (Å²) < 4.78 is 0. The maximum absolute atomic E-state index is 2.61. The lowest BCUT2D eigenvalue weighted by atomic mass is 9.33. The molecule has 76 heavy (non-hydrogen) atoms. The van der Waals surface area contributed by atoms with Gasteiger partial charge in [0.25, 0.3) is 6.71 Å². The highest BCUT2D eigenvalue weighted by molar-refractivity contribution is 7.00. The molecule has 3 heteroatoms. The minimum absolute atomic E-state index is 0.0656. The van der Waals surface area contributed by atoms with Crippen molar-refractivity contribution < 1.29 is 0 Å². The van der Waals surface area contributed by atoms with Gasteiger partial charge in [-0.25, -0.2) is 0 Å². The number of nitrogens with zero attached hydrogens (tertiary/aromatic N) is 2. The zero-order valence-electron chi connectivity index (χ0n) is 41.6. The zero-order chi connectivity index (χ0) is 49.9. The van der Waals surface area contributed by atoms with Gasteiger partial charge < -0.3 is 9.80 Å². The van der Waals surface area contributed by atoms with E-state index in [1.54, 1.807) is 0 Å². The first-order valence-corrected chi connectivity index (χ1v) is 26.5. The van der Waals surface area contributed by atoms with E-state index < -0.39 is 5.41 Å². The van der Waals surface area contributed by atoms with Gasteiger partial charge in [-0.3, -0.25) is 0 Å². The maximum atomic E-state index is 2.61. The second-order valence-electron chi connectivity index (χ2n) is 20.7. The fraction of sp³-hybridized carbons (Fsp3) is 0.0137. The van der Waals surface area contributed by atoms with Crippen LogP contribution in [0.2, 0.25) is 0 Å². The molecule has 4 aliphatic rings. The minimum Gasteiger partial charge on any atom is -0.311 e. The lowest BCUT2D eigenvalue weighted by Crippen LogP contribution is -2.61. The van der Waals surface area contributed by atoms with E-state index in [0.29, 0.717) is 0 Å². The fourth-order valence-electron chi connectivity index (χ4n) is 13.6. The number of hydrogen-bond donors (Lipinski definition) is 0. The van der Waals surface area contributed by atoms with Crippen molar-refractivity contribution >= 4 is 57.2 Å². The number of benzene rings is 12. The van der Waals surface area contributed by atoms with Crippen LogP contribution in [-0.4, -0.2) is 6.71 Å². The van der Waals surface area contributed by atoms with Crippen molar-refractivity contribution in [2.45, 2.75) is 5.41 Å². The summed E-state index contributed by atoms with van der Waals surface area (Å²) in [6.07, 6.45) is 0. The van der Waals surface area contributed by atoms with Gasteiger partial charge in [0.15, 0.2) is 0 Å². The molecule has 0 atom stereocenters. The van der Waals surface area contributed by atoms with Gasteiger partial charge in [-0.05, 0) is 154 Å². The van der Waals surface area contributed by atoms with Crippen molar-refractivity contribution in [2.75, 3.05) is 9.80 Å². The maximum Gasteiger partial charge on any atom is 0.252 e. The Morgan fingerprint density at radius 3 is 1.09 bits per heavy atom. The first-order valence-electron chi connectivity index (χ1n) is 26.5. The van der Waals surface area contributed by atoms with Crippen molar-refractivity contribution in [3.63, 3.8) is 0 Å². The molecule has 2 aliphatic carbocycles. The van der Waals surface area contributed by atoms with Crippen LogP contribution >= 0.6 is 0 Å². The molecule has 12 aromatic rings. The summed E-state index contributed by atoms with van der Waals surface area (Å²) in [5, 5.41) is 0. The third-order valence-corrected chi connectivity index (χ3v) is 16.8. The molecule has 0 saturated carbocycles.